The monoisotopic (exact) mass is 280 g/mol. The first-order chi connectivity index (χ1) is 8.56. The van der Waals surface area contributed by atoms with Gasteiger partial charge >= 0.3 is 0 Å². The number of halogens is 1. The summed E-state index contributed by atoms with van der Waals surface area (Å²) in [6.45, 7) is 2.94. The zero-order valence-corrected chi connectivity index (χ0v) is 12.4. The molecule has 0 radical (unpaired) electrons. The normalized spacial score (nSPS) is 10.4. The number of hydrogen-bond donors (Lipinski definition) is 1. The fourth-order valence-electron chi connectivity index (χ4n) is 1.84. The first kappa shape index (κ1) is 13.2. The van der Waals surface area contributed by atoms with E-state index < -0.39 is 0 Å². The summed E-state index contributed by atoms with van der Waals surface area (Å²) in [5.41, 5.74) is 3.66. The molecule has 18 heavy (non-hydrogen) atoms. The first-order valence-electron chi connectivity index (χ1n) is 5.81. The number of hydrogen-bond acceptors (Lipinski definition) is 3. The Hall–Kier alpha value is -1.19. The van der Waals surface area contributed by atoms with Crippen molar-refractivity contribution in [3.63, 3.8) is 0 Å². The highest BCUT2D eigenvalue weighted by molar-refractivity contribution is 7.10. The predicted molar refractivity (Wildman–Crippen MR) is 82.2 cm³/mol. The van der Waals surface area contributed by atoms with E-state index >= 15 is 0 Å². The lowest BCUT2D eigenvalue weighted by atomic mass is 10.1. The molecule has 96 valence electrons. The molecule has 2 rings (SSSR count). The van der Waals surface area contributed by atoms with E-state index in [9.17, 15) is 0 Å². The molecule has 0 aliphatic rings. The highest BCUT2D eigenvalue weighted by atomic mass is 35.5. The number of rotatable bonds is 4. The average Bonchev–Trinajstić information content (AvgIpc) is 2.74. The smallest absolute Gasteiger partial charge is 0.0516 e. The molecule has 4 heteroatoms. The molecule has 0 saturated heterocycles. The molecule has 0 aliphatic heterocycles. The second-order valence-corrected chi connectivity index (χ2v) is 5.91. The molecule has 0 unspecified atom stereocenters. The number of benzene rings is 1. The van der Waals surface area contributed by atoms with E-state index in [1.807, 2.05) is 11.4 Å². The number of nitrogens with one attached hydrogen (secondary N) is 1. The summed E-state index contributed by atoms with van der Waals surface area (Å²) >= 11 is 7.58. The van der Waals surface area contributed by atoms with Crippen LogP contribution in [-0.2, 0) is 6.54 Å². The fraction of sp³-hybridized carbons (Fsp3) is 0.286. The molecule has 0 amide bonds. The van der Waals surface area contributed by atoms with E-state index in [0.717, 1.165) is 17.3 Å². The van der Waals surface area contributed by atoms with Gasteiger partial charge in [-0.3, -0.25) is 0 Å². The standard InChI is InChI=1S/C14H17ClN2S/c1-10-4-5-12(7-14(10)17(2)3)16-8-13-6-11(15)9-18-13/h4-7,9,16H,8H2,1-3H3. The molecular weight excluding hydrogens is 264 g/mol. The summed E-state index contributed by atoms with van der Waals surface area (Å²) in [4.78, 5) is 3.37. The summed E-state index contributed by atoms with van der Waals surface area (Å²) in [5, 5.41) is 6.19. The molecule has 2 aromatic rings. The zero-order valence-electron chi connectivity index (χ0n) is 10.8. The van der Waals surface area contributed by atoms with Crippen molar-refractivity contribution in [1.82, 2.24) is 0 Å². The minimum absolute atomic E-state index is 0.813. The molecular formula is C14H17ClN2S. The third kappa shape index (κ3) is 3.18. The number of nitrogens with zero attached hydrogens (tertiary/aromatic N) is 1. The quantitative estimate of drug-likeness (QED) is 0.894. The van der Waals surface area contributed by atoms with Gasteiger partial charge in [-0.2, -0.15) is 0 Å². The van der Waals surface area contributed by atoms with Crippen molar-refractivity contribution in [1.29, 1.82) is 0 Å². The molecule has 2 nitrogen and oxygen atoms in total. The van der Waals surface area contributed by atoms with Gasteiger partial charge in [0.15, 0.2) is 0 Å². The Morgan fingerprint density at radius 3 is 2.67 bits per heavy atom. The Balaban J connectivity index is 2.08. The molecule has 1 heterocycles. The second-order valence-electron chi connectivity index (χ2n) is 4.48. The Bertz CT molecular complexity index is 534. The van der Waals surface area contributed by atoms with Crippen molar-refractivity contribution in [3.8, 4) is 0 Å². The van der Waals surface area contributed by atoms with Gasteiger partial charge in [0.2, 0.25) is 0 Å². The summed E-state index contributed by atoms with van der Waals surface area (Å²) in [5.74, 6) is 0. The van der Waals surface area contributed by atoms with Gasteiger partial charge in [-0.1, -0.05) is 17.7 Å². The molecule has 0 fully saturated rings. The van der Waals surface area contributed by atoms with Crippen LogP contribution in [0.1, 0.15) is 10.4 Å². The summed E-state index contributed by atoms with van der Waals surface area (Å²) in [6.07, 6.45) is 0. The minimum atomic E-state index is 0.813. The third-order valence-corrected chi connectivity index (χ3v) is 4.06. The zero-order chi connectivity index (χ0) is 13.1. The number of anilines is 2. The molecule has 1 aromatic carbocycles. The van der Waals surface area contributed by atoms with Gasteiger partial charge in [0.1, 0.15) is 0 Å². The van der Waals surface area contributed by atoms with E-state index in [2.05, 4.69) is 49.4 Å². The molecule has 0 aliphatic carbocycles. The maximum absolute atomic E-state index is 5.91. The van der Waals surface area contributed by atoms with Crippen molar-refractivity contribution >= 4 is 34.3 Å². The highest BCUT2D eigenvalue weighted by Gasteiger charge is 2.03. The van der Waals surface area contributed by atoms with Crippen LogP contribution in [0.25, 0.3) is 0 Å². The number of thiophene rings is 1. The topological polar surface area (TPSA) is 15.3 Å². The van der Waals surface area contributed by atoms with E-state index in [1.165, 1.54) is 16.1 Å². The predicted octanol–water partition coefficient (Wildman–Crippen LogP) is 4.39. The number of aryl methyl sites for hydroxylation is 1. The molecule has 0 spiro atoms. The molecule has 1 aromatic heterocycles. The Labute approximate surface area is 117 Å². The van der Waals surface area contributed by atoms with Crippen LogP contribution in [0.15, 0.2) is 29.6 Å². The second kappa shape index (κ2) is 5.63. The average molecular weight is 281 g/mol. The van der Waals surface area contributed by atoms with Crippen LogP contribution in [0.2, 0.25) is 5.02 Å². The summed E-state index contributed by atoms with van der Waals surface area (Å²) in [6, 6.07) is 8.42. The van der Waals surface area contributed by atoms with Crippen LogP contribution in [0, 0.1) is 6.92 Å². The maximum atomic E-state index is 5.91. The van der Waals surface area contributed by atoms with Crippen LogP contribution in [0.3, 0.4) is 0 Å². The molecule has 0 saturated carbocycles. The lowest BCUT2D eigenvalue weighted by Crippen LogP contribution is -2.10. The highest BCUT2D eigenvalue weighted by Crippen LogP contribution is 2.24. The molecule has 0 bridgehead atoms. The summed E-state index contributed by atoms with van der Waals surface area (Å²) < 4.78 is 0. The van der Waals surface area contributed by atoms with Crippen LogP contribution in [-0.4, -0.2) is 14.1 Å². The van der Waals surface area contributed by atoms with Crippen molar-refractivity contribution in [2.45, 2.75) is 13.5 Å². The first-order valence-corrected chi connectivity index (χ1v) is 7.07. The largest absolute Gasteiger partial charge is 0.380 e. The van der Waals surface area contributed by atoms with E-state index in [4.69, 9.17) is 11.6 Å². The van der Waals surface area contributed by atoms with Crippen LogP contribution >= 0.6 is 22.9 Å². The Kier molecular flexibility index (Phi) is 4.15. The van der Waals surface area contributed by atoms with Gasteiger partial charge in [0, 0.05) is 42.3 Å². The van der Waals surface area contributed by atoms with Gasteiger partial charge in [0.05, 0.1) is 5.02 Å². The van der Waals surface area contributed by atoms with E-state index in [-0.39, 0.29) is 0 Å². The van der Waals surface area contributed by atoms with Crippen molar-refractivity contribution < 1.29 is 0 Å². The van der Waals surface area contributed by atoms with Crippen molar-refractivity contribution in [2.75, 3.05) is 24.3 Å². The molecule has 0 atom stereocenters. The summed E-state index contributed by atoms with van der Waals surface area (Å²) in [7, 11) is 4.12. The van der Waals surface area contributed by atoms with Gasteiger partial charge in [-0.15, -0.1) is 11.3 Å². The van der Waals surface area contributed by atoms with Crippen LogP contribution in [0.4, 0.5) is 11.4 Å². The van der Waals surface area contributed by atoms with E-state index in [1.54, 1.807) is 11.3 Å². The van der Waals surface area contributed by atoms with Gasteiger partial charge < -0.3 is 10.2 Å². The fourth-order valence-corrected chi connectivity index (χ4v) is 2.85. The van der Waals surface area contributed by atoms with Gasteiger partial charge in [-0.05, 0) is 30.7 Å². The Morgan fingerprint density at radius 1 is 1.28 bits per heavy atom. The lowest BCUT2D eigenvalue weighted by molar-refractivity contribution is 1.11. The molecule has 1 N–H and O–H groups in total. The minimum Gasteiger partial charge on any atom is -0.380 e. The van der Waals surface area contributed by atoms with Crippen LogP contribution < -0.4 is 10.2 Å². The third-order valence-electron chi connectivity index (χ3n) is 2.78. The van der Waals surface area contributed by atoms with Gasteiger partial charge in [-0.25, -0.2) is 0 Å². The van der Waals surface area contributed by atoms with Crippen molar-refractivity contribution in [3.05, 3.63) is 45.1 Å². The SMILES string of the molecule is Cc1ccc(NCc2cc(Cl)cs2)cc1N(C)C. The van der Waals surface area contributed by atoms with Gasteiger partial charge in [0.25, 0.3) is 0 Å². The lowest BCUT2D eigenvalue weighted by Gasteiger charge is -2.17. The van der Waals surface area contributed by atoms with E-state index in [0.29, 0.717) is 0 Å². The van der Waals surface area contributed by atoms with Crippen molar-refractivity contribution in [2.24, 2.45) is 0 Å². The maximum Gasteiger partial charge on any atom is 0.0516 e. The Morgan fingerprint density at radius 2 is 2.06 bits per heavy atom. The van der Waals surface area contributed by atoms with Crippen LogP contribution in [0.5, 0.6) is 0 Å².